The van der Waals surface area contributed by atoms with Crippen LogP contribution >= 0.6 is 0 Å². The lowest BCUT2D eigenvalue weighted by atomic mass is 9.89. The van der Waals surface area contributed by atoms with Gasteiger partial charge < -0.3 is 15.4 Å². The molecule has 0 aromatic heterocycles. The average Bonchev–Trinajstić information content (AvgIpc) is 3.44. The summed E-state index contributed by atoms with van der Waals surface area (Å²) in [7, 11) is 0. The fourth-order valence-corrected chi connectivity index (χ4v) is 3.33. The number of rotatable bonds is 4. The third kappa shape index (κ3) is 2.97. The molecule has 2 aromatic rings. The number of anilines is 1. The zero-order valence-corrected chi connectivity index (χ0v) is 13.9. The van der Waals surface area contributed by atoms with Crippen LogP contribution in [0, 0.1) is 0 Å². The summed E-state index contributed by atoms with van der Waals surface area (Å²) in [6.07, 6.45) is 2.83. The Balaban J connectivity index is 1.69. The fraction of sp³-hybridized carbons (Fsp3) is 0.300. The van der Waals surface area contributed by atoms with E-state index in [0.717, 1.165) is 24.1 Å². The van der Waals surface area contributed by atoms with Gasteiger partial charge in [-0.3, -0.25) is 9.59 Å². The molecular formula is C20H20N2O3. The van der Waals surface area contributed by atoms with E-state index in [9.17, 15) is 9.59 Å². The maximum atomic E-state index is 13.2. The summed E-state index contributed by atoms with van der Waals surface area (Å²) in [6, 6.07) is 14.8. The van der Waals surface area contributed by atoms with Gasteiger partial charge in [0, 0.05) is 12.2 Å². The molecule has 2 N–H and O–H groups in total. The second-order valence-corrected chi connectivity index (χ2v) is 6.57. The number of benzene rings is 2. The van der Waals surface area contributed by atoms with E-state index in [1.807, 2.05) is 42.5 Å². The number of para-hydroxylation sites is 2. The number of fused-ring (bicyclic) bond motifs is 1. The lowest BCUT2D eigenvalue weighted by Crippen LogP contribution is -2.39. The van der Waals surface area contributed by atoms with E-state index in [0.29, 0.717) is 24.3 Å². The average molecular weight is 336 g/mol. The minimum absolute atomic E-state index is 0.105. The third-order valence-electron chi connectivity index (χ3n) is 4.77. The number of hydrogen-bond acceptors (Lipinski definition) is 3. The highest BCUT2D eigenvalue weighted by molar-refractivity contribution is 6.09. The van der Waals surface area contributed by atoms with Gasteiger partial charge in [0.2, 0.25) is 5.91 Å². The van der Waals surface area contributed by atoms with Crippen LogP contribution in [-0.4, -0.2) is 24.5 Å². The van der Waals surface area contributed by atoms with Crippen LogP contribution in [-0.2, 0) is 4.79 Å². The highest BCUT2D eigenvalue weighted by Gasteiger charge is 2.33. The number of carbonyl (C=O) groups excluding carboxylic acids is 2. The van der Waals surface area contributed by atoms with Gasteiger partial charge in [-0.1, -0.05) is 30.3 Å². The number of primary amides is 1. The molecule has 128 valence electrons. The van der Waals surface area contributed by atoms with Gasteiger partial charge in [0.15, 0.2) is 0 Å². The van der Waals surface area contributed by atoms with Crippen molar-refractivity contribution in [3.63, 3.8) is 0 Å². The second-order valence-electron chi connectivity index (χ2n) is 6.57. The van der Waals surface area contributed by atoms with Crippen molar-refractivity contribution in [2.75, 3.05) is 11.4 Å². The molecule has 2 amide bonds. The first kappa shape index (κ1) is 15.7. The standard InChI is InChI=1S/C20H20N2O3/c21-19(23)15-11-12-22(17-7-3-1-5-14(15)17)20(24)16-6-2-4-8-18(16)25-13-9-10-13/h1-8,13,15H,9-12H2,(H2,21,23). The Labute approximate surface area is 146 Å². The van der Waals surface area contributed by atoms with Crippen LogP contribution in [0.3, 0.4) is 0 Å². The van der Waals surface area contributed by atoms with E-state index in [4.69, 9.17) is 10.5 Å². The molecule has 5 heteroatoms. The van der Waals surface area contributed by atoms with Crippen molar-refractivity contribution < 1.29 is 14.3 Å². The summed E-state index contributed by atoms with van der Waals surface area (Å²) in [5, 5.41) is 0. The molecular weight excluding hydrogens is 316 g/mol. The number of carbonyl (C=O) groups is 2. The van der Waals surface area contributed by atoms with Gasteiger partial charge in [0.1, 0.15) is 5.75 Å². The van der Waals surface area contributed by atoms with Gasteiger partial charge in [-0.2, -0.15) is 0 Å². The Morgan fingerprint density at radius 3 is 2.48 bits per heavy atom. The maximum Gasteiger partial charge on any atom is 0.262 e. The van der Waals surface area contributed by atoms with Gasteiger partial charge >= 0.3 is 0 Å². The van der Waals surface area contributed by atoms with E-state index in [1.165, 1.54) is 0 Å². The van der Waals surface area contributed by atoms with Gasteiger partial charge in [0.25, 0.3) is 5.91 Å². The zero-order chi connectivity index (χ0) is 17.4. The molecule has 1 fully saturated rings. The first-order valence-electron chi connectivity index (χ1n) is 8.61. The highest BCUT2D eigenvalue weighted by Crippen LogP contribution is 2.37. The van der Waals surface area contributed by atoms with Crippen LogP contribution < -0.4 is 15.4 Å². The van der Waals surface area contributed by atoms with Gasteiger partial charge in [0.05, 0.1) is 17.6 Å². The van der Waals surface area contributed by atoms with Crippen molar-refractivity contribution in [3.8, 4) is 5.75 Å². The SMILES string of the molecule is NC(=O)C1CCN(C(=O)c2ccccc2OC2CC2)c2ccccc21. The highest BCUT2D eigenvalue weighted by atomic mass is 16.5. The number of nitrogens with zero attached hydrogens (tertiary/aromatic N) is 1. The summed E-state index contributed by atoms with van der Waals surface area (Å²) >= 11 is 0. The molecule has 25 heavy (non-hydrogen) atoms. The molecule has 1 atom stereocenters. The number of hydrogen-bond donors (Lipinski definition) is 1. The van der Waals surface area contributed by atoms with Crippen LogP contribution in [0.1, 0.15) is 41.1 Å². The van der Waals surface area contributed by atoms with Crippen molar-refractivity contribution in [2.24, 2.45) is 5.73 Å². The topological polar surface area (TPSA) is 72.6 Å². The summed E-state index contributed by atoms with van der Waals surface area (Å²) in [5.74, 6) is -0.175. The largest absolute Gasteiger partial charge is 0.490 e. The van der Waals surface area contributed by atoms with Gasteiger partial charge in [-0.15, -0.1) is 0 Å². The molecule has 4 rings (SSSR count). The number of ether oxygens (including phenoxy) is 1. The van der Waals surface area contributed by atoms with E-state index in [2.05, 4.69) is 0 Å². The first-order chi connectivity index (χ1) is 12.1. The molecule has 1 heterocycles. The molecule has 0 spiro atoms. The summed E-state index contributed by atoms with van der Waals surface area (Å²) < 4.78 is 5.89. The van der Waals surface area contributed by atoms with E-state index in [1.54, 1.807) is 11.0 Å². The molecule has 0 radical (unpaired) electrons. The van der Waals surface area contributed by atoms with Crippen LogP contribution in [0.2, 0.25) is 0 Å². The molecule has 0 saturated heterocycles. The lowest BCUT2D eigenvalue weighted by Gasteiger charge is -2.33. The van der Waals surface area contributed by atoms with Crippen LogP contribution in [0.15, 0.2) is 48.5 Å². The van der Waals surface area contributed by atoms with E-state index < -0.39 is 0 Å². The Morgan fingerprint density at radius 1 is 1.00 bits per heavy atom. The van der Waals surface area contributed by atoms with Gasteiger partial charge in [-0.25, -0.2) is 0 Å². The summed E-state index contributed by atoms with van der Waals surface area (Å²) in [4.78, 5) is 26.7. The van der Waals surface area contributed by atoms with E-state index >= 15 is 0 Å². The van der Waals surface area contributed by atoms with Crippen molar-refractivity contribution in [1.82, 2.24) is 0 Å². The van der Waals surface area contributed by atoms with Crippen molar-refractivity contribution in [1.29, 1.82) is 0 Å². The summed E-state index contributed by atoms with van der Waals surface area (Å²) in [5.41, 5.74) is 7.66. The van der Waals surface area contributed by atoms with Crippen LogP contribution in [0.25, 0.3) is 0 Å². The first-order valence-corrected chi connectivity index (χ1v) is 8.61. The minimum Gasteiger partial charge on any atom is -0.490 e. The van der Waals surface area contributed by atoms with Crippen LogP contribution in [0.4, 0.5) is 5.69 Å². The molecule has 2 aliphatic rings. The monoisotopic (exact) mass is 336 g/mol. The summed E-state index contributed by atoms with van der Waals surface area (Å²) in [6.45, 7) is 0.460. The number of amides is 2. The molecule has 1 aliphatic heterocycles. The van der Waals surface area contributed by atoms with Crippen molar-refractivity contribution >= 4 is 17.5 Å². The van der Waals surface area contributed by atoms with Gasteiger partial charge in [-0.05, 0) is 43.0 Å². The van der Waals surface area contributed by atoms with Crippen molar-refractivity contribution in [3.05, 3.63) is 59.7 Å². The third-order valence-corrected chi connectivity index (χ3v) is 4.77. The minimum atomic E-state index is -0.350. The fourth-order valence-electron chi connectivity index (χ4n) is 3.33. The number of nitrogens with two attached hydrogens (primary N) is 1. The van der Waals surface area contributed by atoms with E-state index in [-0.39, 0.29) is 23.8 Å². The Hall–Kier alpha value is -2.82. The Morgan fingerprint density at radius 2 is 1.72 bits per heavy atom. The Bertz CT molecular complexity index is 829. The smallest absolute Gasteiger partial charge is 0.262 e. The molecule has 1 saturated carbocycles. The molecule has 1 aliphatic carbocycles. The lowest BCUT2D eigenvalue weighted by molar-refractivity contribution is -0.119. The maximum absolute atomic E-state index is 13.2. The van der Waals surface area contributed by atoms with Crippen molar-refractivity contribution in [2.45, 2.75) is 31.3 Å². The quantitative estimate of drug-likeness (QED) is 0.933. The zero-order valence-electron chi connectivity index (χ0n) is 13.9. The predicted molar refractivity (Wildman–Crippen MR) is 94.8 cm³/mol. The molecule has 5 nitrogen and oxygen atoms in total. The van der Waals surface area contributed by atoms with Crippen LogP contribution in [0.5, 0.6) is 5.75 Å². The second kappa shape index (κ2) is 6.24. The normalized spacial score (nSPS) is 19.2. The predicted octanol–water partition coefficient (Wildman–Crippen LogP) is 2.85. The molecule has 1 unspecified atom stereocenters. The Kier molecular flexibility index (Phi) is 3.92. The molecule has 2 aromatic carbocycles. The molecule has 0 bridgehead atoms.